The van der Waals surface area contributed by atoms with Gasteiger partial charge in [-0.25, -0.2) is 0 Å². The molecule has 3 nitrogen and oxygen atoms in total. The van der Waals surface area contributed by atoms with Crippen LogP contribution in [0, 0.1) is 0 Å². The van der Waals surface area contributed by atoms with Crippen LogP contribution in [0.2, 0.25) is 0 Å². The molecule has 0 bridgehead atoms. The smallest absolute Gasteiger partial charge is 0.0615 e. The molecule has 0 saturated carbocycles. The van der Waals surface area contributed by atoms with Crippen LogP contribution >= 0.6 is 0 Å². The minimum atomic E-state index is 0.515. The lowest BCUT2D eigenvalue weighted by Gasteiger charge is -2.17. The summed E-state index contributed by atoms with van der Waals surface area (Å²) in [4.78, 5) is 0. The monoisotopic (exact) mass is 215 g/mol. The topological polar surface area (TPSA) is 30.5 Å². The van der Waals surface area contributed by atoms with Gasteiger partial charge in [-0.1, -0.05) is 6.92 Å². The Balaban J connectivity index is 2.04. The first-order valence-electron chi connectivity index (χ1n) is 6.20. The average molecular weight is 215 g/mol. The molecule has 2 atom stereocenters. The Bertz CT molecular complexity index is 141. The van der Waals surface area contributed by atoms with E-state index in [1.54, 1.807) is 7.11 Å². The fourth-order valence-electron chi connectivity index (χ4n) is 2.20. The molecule has 1 N–H and O–H groups in total. The molecule has 1 aliphatic heterocycles. The molecule has 0 aromatic heterocycles. The van der Waals surface area contributed by atoms with E-state index in [2.05, 4.69) is 12.2 Å². The lowest BCUT2D eigenvalue weighted by molar-refractivity contribution is 0.0988. The zero-order valence-electron chi connectivity index (χ0n) is 10.1. The van der Waals surface area contributed by atoms with Crippen molar-refractivity contribution >= 4 is 0 Å². The number of nitrogens with one attached hydrogen (secondary N) is 1. The number of ether oxygens (including phenoxy) is 2. The van der Waals surface area contributed by atoms with Gasteiger partial charge in [-0.05, 0) is 38.6 Å². The normalized spacial score (nSPS) is 23.2. The summed E-state index contributed by atoms with van der Waals surface area (Å²) in [6, 6.07) is 0.515. The summed E-state index contributed by atoms with van der Waals surface area (Å²) in [5.74, 6) is 0. The van der Waals surface area contributed by atoms with Crippen molar-refractivity contribution < 1.29 is 9.47 Å². The SMILES string of the molecule is CCNC(CCCC1CCCO1)COC. The van der Waals surface area contributed by atoms with Crippen LogP contribution in [0.1, 0.15) is 39.0 Å². The van der Waals surface area contributed by atoms with Gasteiger partial charge in [-0.2, -0.15) is 0 Å². The molecular weight excluding hydrogens is 190 g/mol. The Labute approximate surface area is 93.5 Å². The van der Waals surface area contributed by atoms with Crippen LogP contribution in [0.5, 0.6) is 0 Å². The molecule has 2 unspecified atom stereocenters. The van der Waals surface area contributed by atoms with E-state index in [1.807, 2.05) is 0 Å². The van der Waals surface area contributed by atoms with E-state index in [4.69, 9.17) is 9.47 Å². The van der Waals surface area contributed by atoms with Crippen LogP contribution in [0.4, 0.5) is 0 Å². The van der Waals surface area contributed by atoms with Crippen molar-refractivity contribution in [2.45, 2.75) is 51.2 Å². The van der Waals surface area contributed by atoms with Gasteiger partial charge in [0.15, 0.2) is 0 Å². The number of rotatable bonds is 8. The minimum Gasteiger partial charge on any atom is -0.383 e. The molecule has 1 aliphatic rings. The molecule has 1 saturated heterocycles. The van der Waals surface area contributed by atoms with Gasteiger partial charge in [0.05, 0.1) is 12.7 Å². The first-order valence-corrected chi connectivity index (χ1v) is 6.20. The summed E-state index contributed by atoms with van der Waals surface area (Å²) in [7, 11) is 1.77. The molecular formula is C12H25NO2. The Morgan fingerprint density at radius 1 is 1.53 bits per heavy atom. The third kappa shape index (κ3) is 5.50. The van der Waals surface area contributed by atoms with Crippen LogP contribution < -0.4 is 5.32 Å². The van der Waals surface area contributed by atoms with Gasteiger partial charge in [0.1, 0.15) is 0 Å². The van der Waals surface area contributed by atoms with Crippen LogP contribution in [0.25, 0.3) is 0 Å². The molecule has 1 rings (SSSR count). The van der Waals surface area contributed by atoms with Crippen LogP contribution in [0.15, 0.2) is 0 Å². The Morgan fingerprint density at radius 2 is 2.40 bits per heavy atom. The van der Waals surface area contributed by atoms with E-state index in [-0.39, 0.29) is 0 Å². The van der Waals surface area contributed by atoms with E-state index in [1.165, 1.54) is 32.1 Å². The van der Waals surface area contributed by atoms with Crippen LogP contribution in [0.3, 0.4) is 0 Å². The van der Waals surface area contributed by atoms with E-state index in [0.29, 0.717) is 12.1 Å². The highest BCUT2D eigenvalue weighted by Crippen LogP contribution is 2.18. The third-order valence-corrected chi connectivity index (χ3v) is 2.96. The van der Waals surface area contributed by atoms with Crippen molar-refractivity contribution in [3.63, 3.8) is 0 Å². The summed E-state index contributed by atoms with van der Waals surface area (Å²) >= 11 is 0. The standard InChI is InChI=1S/C12H25NO2/c1-3-13-11(10-14-2)6-4-7-12-8-5-9-15-12/h11-13H,3-10H2,1-2H3. The van der Waals surface area contributed by atoms with Crippen molar-refractivity contribution in [3.8, 4) is 0 Å². The van der Waals surface area contributed by atoms with Crippen molar-refractivity contribution in [2.24, 2.45) is 0 Å². The third-order valence-electron chi connectivity index (χ3n) is 2.96. The van der Waals surface area contributed by atoms with Crippen LogP contribution in [-0.4, -0.2) is 39.0 Å². The second kappa shape index (κ2) is 8.08. The van der Waals surface area contributed by atoms with Crippen molar-refractivity contribution in [1.82, 2.24) is 5.32 Å². The molecule has 0 radical (unpaired) electrons. The Hall–Kier alpha value is -0.120. The Kier molecular flexibility index (Phi) is 6.98. The number of methoxy groups -OCH3 is 1. The van der Waals surface area contributed by atoms with Crippen molar-refractivity contribution in [1.29, 1.82) is 0 Å². The maximum atomic E-state index is 5.60. The van der Waals surface area contributed by atoms with Crippen molar-refractivity contribution in [3.05, 3.63) is 0 Å². The van der Waals surface area contributed by atoms with Gasteiger partial charge in [0, 0.05) is 19.8 Å². The first kappa shape index (κ1) is 12.9. The molecule has 90 valence electrons. The van der Waals surface area contributed by atoms with Gasteiger partial charge >= 0.3 is 0 Å². The number of hydrogen-bond acceptors (Lipinski definition) is 3. The molecule has 1 fully saturated rings. The molecule has 0 spiro atoms. The summed E-state index contributed by atoms with van der Waals surface area (Å²) < 4.78 is 10.8. The fourth-order valence-corrected chi connectivity index (χ4v) is 2.20. The van der Waals surface area contributed by atoms with Gasteiger partial charge in [0.2, 0.25) is 0 Å². The summed E-state index contributed by atoms with van der Waals surface area (Å²) in [6.07, 6.45) is 6.70. The zero-order chi connectivity index (χ0) is 10.9. The highest BCUT2D eigenvalue weighted by atomic mass is 16.5. The molecule has 0 aliphatic carbocycles. The van der Waals surface area contributed by atoms with E-state index >= 15 is 0 Å². The van der Waals surface area contributed by atoms with Gasteiger partial charge in [-0.3, -0.25) is 0 Å². The maximum Gasteiger partial charge on any atom is 0.0615 e. The first-order chi connectivity index (χ1) is 7.36. The quantitative estimate of drug-likeness (QED) is 0.671. The largest absolute Gasteiger partial charge is 0.383 e. The van der Waals surface area contributed by atoms with Gasteiger partial charge < -0.3 is 14.8 Å². The average Bonchev–Trinajstić information content (AvgIpc) is 2.71. The highest BCUT2D eigenvalue weighted by Gasteiger charge is 2.15. The molecule has 0 aromatic rings. The summed E-state index contributed by atoms with van der Waals surface area (Å²) in [5.41, 5.74) is 0. The molecule has 3 heteroatoms. The molecule has 0 aromatic carbocycles. The molecule has 15 heavy (non-hydrogen) atoms. The second-order valence-corrected chi connectivity index (χ2v) is 4.28. The lowest BCUT2D eigenvalue weighted by atomic mass is 10.1. The predicted molar refractivity (Wildman–Crippen MR) is 62.2 cm³/mol. The maximum absolute atomic E-state index is 5.60. The van der Waals surface area contributed by atoms with E-state index in [0.717, 1.165) is 19.8 Å². The lowest BCUT2D eigenvalue weighted by Crippen LogP contribution is -2.33. The fraction of sp³-hybridized carbons (Fsp3) is 1.00. The second-order valence-electron chi connectivity index (χ2n) is 4.28. The Morgan fingerprint density at radius 3 is 3.00 bits per heavy atom. The van der Waals surface area contributed by atoms with E-state index < -0.39 is 0 Å². The number of hydrogen-bond donors (Lipinski definition) is 1. The summed E-state index contributed by atoms with van der Waals surface area (Å²) in [6.45, 7) is 4.95. The van der Waals surface area contributed by atoms with Gasteiger partial charge in [0.25, 0.3) is 0 Å². The van der Waals surface area contributed by atoms with E-state index in [9.17, 15) is 0 Å². The predicted octanol–water partition coefficient (Wildman–Crippen LogP) is 1.96. The molecule has 0 amide bonds. The summed E-state index contributed by atoms with van der Waals surface area (Å²) in [5, 5.41) is 3.44. The minimum absolute atomic E-state index is 0.515. The van der Waals surface area contributed by atoms with Crippen LogP contribution in [-0.2, 0) is 9.47 Å². The van der Waals surface area contributed by atoms with Gasteiger partial charge in [-0.15, -0.1) is 0 Å². The van der Waals surface area contributed by atoms with Crippen molar-refractivity contribution in [2.75, 3.05) is 26.9 Å². The zero-order valence-corrected chi connectivity index (χ0v) is 10.1. The molecule has 1 heterocycles. The highest BCUT2D eigenvalue weighted by molar-refractivity contribution is 4.69. The number of likely N-dealkylation sites (N-methyl/N-ethyl adjacent to an activating group) is 1.